The summed E-state index contributed by atoms with van der Waals surface area (Å²) in [7, 11) is 0. The molecular weight excluding hydrogens is 296 g/mol. The zero-order valence-electron chi connectivity index (χ0n) is 14.7. The molecule has 0 bridgehead atoms. The predicted octanol–water partition coefficient (Wildman–Crippen LogP) is 3.49. The number of rotatable bonds is 5. The Morgan fingerprint density at radius 3 is 2.67 bits per heavy atom. The molecule has 1 aromatic carbocycles. The molecule has 1 saturated carbocycles. The van der Waals surface area contributed by atoms with E-state index in [0.717, 1.165) is 31.8 Å². The van der Waals surface area contributed by atoms with Gasteiger partial charge in [-0.3, -0.25) is 4.79 Å². The molecule has 1 saturated heterocycles. The van der Waals surface area contributed by atoms with Crippen LogP contribution in [0.2, 0.25) is 0 Å². The van der Waals surface area contributed by atoms with Crippen LogP contribution >= 0.6 is 0 Å². The molecule has 2 fully saturated rings. The third-order valence-corrected chi connectivity index (χ3v) is 6.15. The van der Waals surface area contributed by atoms with Gasteiger partial charge in [-0.1, -0.05) is 24.3 Å². The van der Waals surface area contributed by atoms with Crippen LogP contribution in [0.4, 0.5) is 0 Å². The summed E-state index contributed by atoms with van der Waals surface area (Å²) in [6.07, 6.45) is 9.35. The number of aryl methyl sites for hydroxylation is 1. The molecule has 1 amide bonds. The average Bonchev–Trinajstić information content (AvgIpc) is 3.45. The zero-order valence-corrected chi connectivity index (χ0v) is 14.7. The van der Waals surface area contributed by atoms with Crippen molar-refractivity contribution in [3.8, 4) is 0 Å². The normalized spacial score (nSPS) is 24.7. The van der Waals surface area contributed by atoms with Gasteiger partial charge < -0.3 is 10.2 Å². The van der Waals surface area contributed by atoms with Crippen LogP contribution in [-0.4, -0.2) is 36.5 Å². The minimum atomic E-state index is 0.373. The highest BCUT2D eigenvalue weighted by Crippen LogP contribution is 2.34. The molecule has 3 nitrogen and oxygen atoms in total. The van der Waals surface area contributed by atoms with Gasteiger partial charge in [-0.2, -0.15) is 0 Å². The second-order valence-corrected chi connectivity index (χ2v) is 8.00. The molecule has 1 aliphatic heterocycles. The Kier molecular flexibility index (Phi) is 4.88. The van der Waals surface area contributed by atoms with E-state index in [1.165, 1.54) is 49.8 Å². The van der Waals surface area contributed by atoms with E-state index in [-0.39, 0.29) is 0 Å². The van der Waals surface area contributed by atoms with Crippen LogP contribution in [0.5, 0.6) is 0 Å². The van der Waals surface area contributed by atoms with Crippen LogP contribution in [0.3, 0.4) is 0 Å². The number of nitrogens with zero attached hydrogens (tertiary/aromatic N) is 1. The van der Waals surface area contributed by atoms with Crippen molar-refractivity contribution in [2.24, 2.45) is 5.92 Å². The average molecular weight is 326 g/mol. The van der Waals surface area contributed by atoms with E-state index in [2.05, 4.69) is 34.5 Å². The molecule has 1 aromatic rings. The number of amides is 1. The van der Waals surface area contributed by atoms with E-state index >= 15 is 0 Å². The number of likely N-dealkylation sites (tertiary alicyclic amines) is 1. The predicted molar refractivity (Wildman–Crippen MR) is 97.1 cm³/mol. The molecule has 3 heteroatoms. The van der Waals surface area contributed by atoms with Crippen LogP contribution < -0.4 is 5.32 Å². The maximum Gasteiger partial charge on any atom is 0.223 e. The summed E-state index contributed by atoms with van der Waals surface area (Å²) in [5, 5.41) is 3.70. The lowest BCUT2D eigenvalue weighted by atomic mass is 9.81. The molecule has 1 N–H and O–H groups in total. The van der Waals surface area contributed by atoms with Crippen LogP contribution in [-0.2, 0) is 11.2 Å². The fourth-order valence-corrected chi connectivity index (χ4v) is 4.39. The summed E-state index contributed by atoms with van der Waals surface area (Å²) in [5.74, 6) is 1.75. The van der Waals surface area contributed by atoms with Gasteiger partial charge in [-0.25, -0.2) is 0 Å². The topological polar surface area (TPSA) is 32.3 Å². The number of carbonyl (C=O) groups excluding carboxylic acids is 1. The number of nitrogens with one attached hydrogen (secondary N) is 1. The molecule has 3 aliphatic rings. The lowest BCUT2D eigenvalue weighted by Crippen LogP contribution is -2.45. The first-order valence-corrected chi connectivity index (χ1v) is 9.88. The molecule has 0 spiro atoms. The van der Waals surface area contributed by atoms with Gasteiger partial charge in [0, 0.05) is 25.6 Å². The fourth-order valence-electron chi connectivity index (χ4n) is 4.39. The highest BCUT2D eigenvalue weighted by molar-refractivity contribution is 5.77. The first-order chi connectivity index (χ1) is 11.8. The van der Waals surface area contributed by atoms with E-state index in [0.29, 0.717) is 24.3 Å². The summed E-state index contributed by atoms with van der Waals surface area (Å²) in [4.78, 5) is 14.9. The van der Waals surface area contributed by atoms with Crippen molar-refractivity contribution >= 4 is 5.91 Å². The van der Waals surface area contributed by atoms with Gasteiger partial charge in [0.1, 0.15) is 0 Å². The Hall–Kier alpha value is -1.35. The number of hydrogen-bond acceptors (Lipinski definition) is 2. The number of hydrogen-bond donors (Lipinski definition) is 1. The second kappa shape index (κ2) is 7.26. The SMILES string of the molecule is O=C(CC1CCCc2ccccc21)N1CCC(NCC2CC2)CC1. The highest BCUT2D eigenvalue weighted by atomic mass is 16.2. The summed E-state index contributed by atoms with van der Waals surface area (Å²) in [5.41, 5.74) is 2.89. The maximum atomic E-state index is 12.8. The van der Waals surface area contributed by atoms with E-state index in [4.69, 9.17) is 0 Å². The quantitative estimate of drug-likeness (QED) is 0.898. The molecule has 130 valence electrons. The van der Waals surface area contributed by atoms with Crippen molar-refractivity contribution in [3.63, 3.8) is 0 Å². The van der Waals surface area contributed by atoms with Crippen molar-refractivity contribution in [2.45, 2.75) is 63.3 Å². The minimum absolute atomic E-state index is 0.373. The summed E-state index contributed by atoms with van der Waals surface area (Å²) < 4.78 is 0. The van der Waals surface area contributed by atoms with Crippen molar-refractivity contribution in [3.05, 3.63) is 35.4 Å². The molecule has 1 unspecified atom stereocenters. The Labute approximate surface area is 145 Å². The molecule has 2 aliphatic carbocycles. The van der Waals surface area contributed by atoms with Crippen LogP contribution in [0.25, 0.3) is 0 Å². The molecule has 4 rings (SSSR count). The summed E-state index contributed by atoms with van der Waals surface area (Å²) in [6.45, 7) is 3.07. The van der Waals surface area contributed by atoms with Gasteiger partial charge in [0.05, 0.1) is 0 Å². The Balaban J connectivity index is 1.28. The van der Waals surface area contributed by atoms with Crippen molar-refractivity contribution < 1.29 is 4.79 Å². The first-order valence-electron chi connectivity index (χ1n) is 9.88. The van der Waals surface area contributed by atoms with Gasteiger partial charge in [-0.15, -0.1) is 0 Å². The Bertz CT molecular complexity index is 573. The highest BCUT2D eigenvalue weighted by Gasteiger charge is 2.28. The lowest BCUT2D eigenvalue weighted by Gasteiger charge is -2.34. The van der Waals surface area contributed by atoms with E-state index in [1.807, 2.05) is 0 Å². The summed E-state index contributed by atoms with van der Waals surface area (Å²) >= 11 is 0. The largest absolute Gasteiger partial charge is 0.343 e. The van der Waals surface area contributed by atoms with E-state index in [1.54, 1.807) is 0 Å². The number of benzene rings is 1. The van der Waals surface area contributed by atoms with Crippen LogP contribution in [0, 0.1) is 5.92 Å². The Morgan fingerprint density at radius 1 is 1.08 bits per heavy atom. The molecule has 1 heterocycles. The first kappa shape index (κ1) is 16.1. The number of piperidine rings is 1. The smallest absolute Gasteiger partial charge is 0.223 e. The molecule has 24 heavy (non-hydrogen) atoms. The van der Waals surface area contributed by atoms with Crippen LogP contribution in [0.1, 0.15) is 62.0 Å². The standard InChI is InChI=1S/C21H30N2O/c24-21(14-18-6-3-5-17-4-1-2-7-20(17)18)23-12-10-19(11-13-23)22-15-16-8-9-16/h1-2,4,7,16,18-19,22H,3,5-6,8-15H2. The Morgan fingerprint density at radius 2 is 1.88 bits per heavy atom. The van der Waals surface area contributed by atoms with E-state index < -0.39 is 0 Å². The van der Waals surface area contributed by atoms with Gasteiger partial charge in [0.25, 0.3) is 0 Å². The molecule has 0 radical (unpaired) electrons. The monoisotopic (exact) mass is 326 g/mol. The van der Waals surface area contributed by atoms with E-state index in [9.17, 15) is 4.79 Å². The fraction of sp³-hybridized carbons (Fsp3) is 0.667. The second-order valence-electron chi connectivity index (χ2n) is 8.00. The van der Waals surface area contributed by atoms with Gasteiger partial charge in [0.2, 0.25) is 5.91 Å². The molecule has 0 aromatic heterocycles. The third kappa shape index (κ3) is 3.83. The van der Waals surface area contributed by atoms with Crippen LogP contribution in [0.15, 0.2) is 24.3 Å². The summed E-state index contributed by atoms with van der Waals surface area (Å²) in [6, 6.07) is 9.36. The van der Waals surface area contributed by atoms with Gasteiger partial charge >= 0.3 is 0 Å². The minimum Gasteiger partial charge on any atom is -0.343 e. The van der Waals surface area contributed by atoms with Gasteiger partial charge in [-0.05, 0) is 74.5 Å². The number of fused-ring (bicyclic) bond motifs is 1. The van der Waals surface area contributed by atoms with Crippen molar-refractivity contribution in [1.82, 2.24) is 10.2 Å². The van der Waals surface area contributed by atoms with Crippen molar-refractivity contribution in [1.29, 1.82) is 0 Å². The van der Waals surface area contributed by atoms with Gasteiger partial charge in [0.15, 0.2) is 0 Å². The van der Waals surface area contributed by atoms with Crippen molar-refractivity contribution in [2.75, 3.05) is 19.6 Å². The molecular formula is C21H30N2O. The zero-order chi connectivity index (χ0) is 16.4. The lowest BCUT2D eigenvalue weighted by molar-refractivity contribution is -0.132. The molecule has 1 atom stereocenters. The maximum absolute atomic E-state index is 12.8. The number of carbonyl (C=O) groups is 1. The third-order valence-electron chi connectivity index (χ3n) is 6.15.